The van der Waals surface area contributed by atoms with Gasteiger partial charge in [-0.25, -0.2) is 0 Å². The Kier molecular flexibility index (Phi) is 3.52. The number of nitro benzene ring substituents is 1. The summed E-state index contributed by atoms with van der Waals surface area (Å²) in [5.74, 6) is -2.63. The van der Waals surface area contributed by atoms with Gasteiger partial charge in [0, 0.05) is 11.8 Å². The van der Waals surface area contributed by atoms with E-state index in [0.717, 1.165) is 0 Å². The molecule has 1 aromatic rings. The van der Waals surface area contributed by atoms with Gasteiger partial charge in [-0.3, -0.25) is 19.7 Å². The van der Waals surface area contributed by atoms with Crippen LogP contribution in [0.5, 0.6) is 0 Å². The topological polar surface area (TPSA) is 110 Å². The fourth-order valence-electron chi connectivity index (χ4n) is 1.72. The Morgan fingerprint density at radius 1 is 1.42 bits per heavy atom. The van der Waals surface area contributed by atoms with Crippen molar-refractivity contribution in [2.24, 2.45) is 11.8 Å². The SMILES string of the molecule is O=C(O)[C@H]1C[C@H]1C(=O)Nc1ccc(Br)c([N+](=O)[O-])c1. The summed E-state index contributed by atoms with van der Waals surface area (Å²) in [6, 6.07) is 4.18. The molecule has 1 saturated carbocycles. The van der Waals surface area contributed by atoms with E-state index in [-0.39, 0.29) is 11.4 Å². The number of nitrogens with zero attached hydrogens (tertiary/aromatic N) is 1. The van der Waals surface area contributed by atoms with Crippen LogP contribution in [-0.4, -0.2) is 21.9 Å². The first-order valence-electron chi connectivity index (χ1n) is 5.37. The molecule has 1 amide bonds. The lowest BCUT2D eigenvalue weighted by atomic mass is 10.2. The third-order valence-electron chi connectivity index (χ3n) is 2.85. The molecule has 2 N–H and O–H groups in total. The summed E-state index contributed by atoms with van der Waals surface area (Å²) in [7, 11) is 0. The van der Waals surface area contributed by atoms with Crippen LogP contribution in [0.2, 0.25) is 0 Å². The van der Waals surface area contributed by atoms with Gasteiger partial charge >= 0.3 is 5.97 Å². The van der Waals surface area contributed by atoms with E-state index in [1.54, 1.807) is 0 Å². The number of aliphatic carboxylic acids is 1. The van der Waals surface area contributed by atoms with E-state index in [4.69, 9.17) is 5.11 Å². The normalized spacial score (nSPS) is 20.7. The Morgan fingerprint density at radius 2 is 2.11 bits per heavy atom. The predicted octanol–water partition coefficient (Wildman–Crippen LogP) is 2.02. The van der Waals surface area contributed by atoms with Crippen molar-refractivity contribution in [3.05, 3.63) is 32.8 Å². The summed E-state index contributed by atoms with van der Waals surface area (Å²) in [5, 5.41) is 21.9. The maximum Gasteiger partial charge on any atom is 0.307 e. The lowest BCUT2D eigenvalue weighted by molar-refractivity contribution is -0.385. The quantitative estimate of drug-likeness (QED) is 0.649. The van der Waals surface area contributed by atoms with Crippen LogP contribution in [0.4, 0.5) is 11.4 Å². The lowest BCUT2D eigenvalue weighted by Crippen LogP contribution is -2.16. The molecule has 8 heteroatoms. The number of rotatable bonds is 4. The minimum absolute atomic E-state index is 0.164. The molecule has 1 aromatic carbocycles. The minimum atomic E-state index is -0.998. The molecule has 7 nitrogen and oxygen atoms in total. The molecule has 1 fully saturated rings. The van der Waals surface area contributed by atoms with Crippen LogP contribution in [0, 0.1) is 22.0 Å². The number of carbonyl (C=O) groups excluding carboxylic acids is 1. The summed E-state index contributed by atoms with van der Waals surface area (Å²) >= 11 is 3.04. The molecule has 0 aromatic heterocycles. The number of benzene rings is 1. The number of nitrogens with one attached hydrogen (secondary N) is 1. The highest BCUT2D eigenvalue weighted by atomic mass is 79.9. The molecule has 1 aliphatic rings. The Balaban J connectivity index is 2.08. The standard InChI is InChI=1S/C11H9BrN2O5/c12-8-2-1-5(3-9(8)14(18)19)13-10(15)6-4-7(6)11(16)17/h1-3,6-7H,4H2,(H,13,15)(H,16,17)/t6-,7+/m1/s1. The lowest BCUT2D eigenvalue weighted by Gasteiger charge is -2.05. The molecule has 0 bridgehead atoms. The Labute approximate surface area is 115 Å². The highest BCUT2D eigenvalue weighted by molar-refractivity contribution is 9.10. The summed E-state index contributed by atoms with van der Waals surface area (Å²) in [5.41, 5.74) is 0.110. The van der Waals surface area contributed by atoms with E-state index in [1.165, 1.54) is 18.2 Å². The van der Waals surface area contributed by atoms with Crippen LogP contribution in [0.15, 0.2) is 22.7 Å². The van der Waals surface area contributed by atoms with Crippen molar-refractivity contribution >= 4 is 39.2 Å². The summed E-state index contributed by atoms with van der Waals surface area (Å²) in [4.78, 5) is 32.5. The number of halogens is 1. The molecular formula is C11H9BrN2O5. The second kappa shape index (κ2) is 4.96. The van der Waals surface area contributed by atoms with Crippen LogP contribution in [0.25, 0.3) is 0 Å². The first kappa shape index (κ1) is 13.5. The zero-order valence-electron chi connectivity index (χ0n) is 9.50. The van der Waals surface area contributed by atoms with Gasteiger partial charge in [-0.05, 0) is 34.5 Å². The van der Waals surface area contributed by atoms with E-state index in [9.17, 15) is 19.7 Å². The average molecular weight is 329 g/mol. The first-order valence-corrected chi connectivity index (χ1v) is 6.17. The molecule has 0 radical (unpaired) electrons. The molecule has 0 saturated heterocycles. The Hall–Kier alpha value is -1.96. The number of anilines is 1. The average Bonchev–Trinajstić information content (AvgIpc) is 3.11. The second-order valence-electron chi connectivity index (χ2n) is 4.20. The Morgan fingerprint density at radius 3 is 2.63 bits per heavy atom. The van der Waals surface area contributed by atoms with Crippen LogP contribution in [-0.2, 0) is 9.59 Å². The van der Waals surface area contributed by atoms with Gasteiger partial charge in [0.15, 0.2) is 0 Å². The highest BCUT2D eigenvalue weighted by Crippen LogP contribution is 2.39. The van der Waals surface area contributed by atoms with Gasteiger partial charge in [-0.15, -0.1) is 0 Å². The van der Waals surface area contributed by atoms with Gasteiger partial charge < -0.3 is 10.4 Å². The third-order valence-corrected chi connectivity index (χ3v) is 3.53. The monoisotopic (exact) mass is 328 g/mol. The summed E-state index contributed by atoms with van der Waals surface area (Å²) < 4.78 is 0.310. The first-order chi connectivity index (χ1) is 8.90. The largest absolute Gasteiger partial charge is 0.481 e. The number of hydrogen-bond donors (Lipinski definition) is 2. The molecule has 100 valence electrons. The van der Waals surface area contributed by atoms with Gasteiger partial charge in [0.2, 0.25) is 5.91 Å². The van der Waals surface area contributed by atoms with Gasteiger partial charge in [0.25, 0.3) is 5.69 Å². The highest BCUT2D eigenvalue weighted by Gasteiger charge is 2.48. The van der Waals surface area contributed by atoms with Gasteiger partial charge in [0.05, 0.1) is 21.2 Å². The van der Waals surface area contributed by atoms with Crippen LogP contribution >= 0.6 is 15.9 Å². The molecule has 0 unspecified atom stereocenters. The number of carbonyl (C=O) groups is 2. The van der Waals surface area contributed by atoms with Crippen molar-refractivity contribution in [2.75, 3.05) is 5.32 Å². The molecule has 0 heterocycles. The molecule has 19 heavy (non-hydrogen) atoms. The van der Waals surface area contributed by atoms with Gasteiger partial charge in [-0.1, -0.05) is 0 Å². The van der Waals surface area contributed by atoms with Crippen molar-refractivity contribution in [1.82, 2.24) is 0 Å². The molecular weight excluding hydrogens is 320 g/mol. The van der Waals surface area contributed by atoms with Crippen molar-refractivity contribution < 1.29 is 19.6 Å². The van der Waals surface area contributed by atoms with Gasteiger partial charge in [0.1, 0.15) is 0 Å². The number of carboxylic acid groups (broad SMARTS) is 1. The van der Waals surface area contributed by atoms with Crippen molar-refractivity contribution in [1.29, 1.82) is 0 Å². The summed E-state index contributed by atoms with van der Waals surface area (Å²) in [6.07, 6.45) is 0.305. The minimum Gasteiger partial charge on any atom is -0.481 e. The maximum atomic E-state index is 11.7. The van der Waals surface area contributed by atoms with Crippen molar-refractivity contribution in [3.8, 4) is 0 Å². The number of carboxylic acids is 1. The van der Waals surface area contributed by atoms with Crippen molar-refractivity contribution in [2.45, 2.75) is 6.42 Å². The predicted molar refractivity (Wildman–Crippen MR) is 68.7 cm³/mol. The van der Waals surface area contributed by atoms with Crippen LogP contribution in [0.1, 0.15) is 6.42 Å². The van der Waals surface area contributed by atoms with E-state index >= 15 is 0 Å². The number of hydrogen-bond acceptors (Lipinski definition) is 4. The van der Waals surface area contributed by atoms with Crippen LogP contribution < -0.4 is 5.32 Å². The number of amides is 1. The molecule has 0 aliphatic heterocycles. The zero-order chi connectivity index (χ0) is 14.2. The van der Waals surface area contributed by atoms with Crippen molar-refractivity contribution in [3.63, 3.8) is 0 Å². The molecule has 0 spiro atoms. The second-order valence-corrected chi connectivity index (χ2v) is 5.05. The number of nitro groups is 1. The molecule has 1 aliphatic carbocycles. The van der Waals surface area contributed by atoms with Gasteiger partial charge in [-0.2, -0.15) is 0 Å². The van der Waals surface area contributed by atoms with E-state index in [1.807, 2.05) is 0 Å². The maximum absolute atomic E-state index is 11.7. The molecule has 2 atom stereocenters. The fourth-order valence-corrected chi connectivity index (χ4v) is 2.11. The Bertz CT molecular complexity index is 574. The van der Waals surface area contributed by atoms with E-state index < -0.39 is 28.6 Å². The van der Waals surface area contributed by atoms with Crippen LogP contribution in [0.3, 0.4) is 0 Å². The summed E-state index contributed by atoms with van der Waals surface area (Å²) in [6.45, 7) is 0. The van der Waals surface area contributed by atoms with E-state index in [0.29, 0.717) is 10.9 Å². The zero-order valence-corrected chi connectivity index (χ0v) is 11.1. The fraction of sp³-hybridized carbons (Fsp3) is 0.273. The molecule has 2 rings (SSSR count). The van der Waals surface area contributed by atoms with E-state index in [2.05, 4.69) is 21.2 Å². The third kappa shape index (κ3) is 2.90. The smallest absolute Gasteiger partial charge is 0.307 e.